The molecule has 1 aromatic rings. The van der Waals surface area contributed by atoms with E-state index in [1.165, 1.54) is 0 Å². The van der Waals surface area contributed by atoms with Gasteiger partial charge < -0.3 is 15.1 Å². The molecule has 23 heavy (non-hydrogen) atoms. The van der Waals surface area contributed by atoms with E-state index in [9.17, 15) is 0 Å². The number of hydrogen-bond donors (Lipinski definition) is 3. The monoisotopic (exact) mass is 331 g/mol. The quantitative estimate of drug-likeness (QED) is 0.114. The van der Waals surface area contributed by atoms with Crippen LogP contribution in [0.5, 0.6) is 0 Å². The van der Waals surface area contributed by atoms with Crippen molar-refractivity contribution in [3.05, 3.63) is 36.3 Å². The lowest BCUT2D eigenvalue weighted by Gasteiger charge is -2.04. The number of thioether (sulfide) groups is 1. The van der Waals surface area contributed by atoms with Crippen molar-refractivity contribution in [3.63, 3.8) is 0 Å². The molecule has 0 amide bonds. The summed E-state index contributed by atoms with van der Waals surface area (Å²) in [4.78, 5) is 4.24. The van der Waals surface area contributed by atoms with E-state index in [0.29, 0.717) is 25.6 Å². The molecule has 0 fully saturated rings. The van der Waals surface area contributed by atoms with Gasteiger partial charge in [0.25, 0.3) is 0 Å². The van der Waals surface area contributed by atoms with E-state index in [2.05, 4.69) is 33.4 Å². The lowest BCUT2D eigenvalue weighted by atomic mass is 10.4. The number of nitrogens with one attached hydrogen (secondary N) is 3. The zero-order chi connectivity index (χ0) is 16.8. The number of guanidine groups is 1. The summed E-state index contributed by atoms with van der Waals surface area (Å²) in [7, 11) is 0. The Balaban J connectivity index is 2.24. The van der Waals surface area contributed by atoms with Gasteiger partial charge >= 0.3 is 0 Å². The maximum absolute atomic E-state index is 8.61. The molecule has 6 nitrogen and oxygen atoms in total. The minimum absolute atomic E-state index is 0.329. The van der Waals surface area contributed by atoms with Crippen molar-refractivity contribution in [2.24, 2.45) is 4.99 Å². The fraction of sp³-hybridized carbons (Fsp3) is 0.375. The lowest BCUT2D eigenvalue weighted by Crippen LogP contribution is -2.34. The second-order valence-corrected chi connectivity index (χ2v) is 5.47. The molecule has 0 aliphatic rings. The predicted octanol–water partition coefficient (Wildman–Crippen LogP) is 1.44. The summed E-state index contributed by atoms with van der Waals surface area (Å²) in [6, 6.07) is 3.96. The average molecular weight is 331 g/mol. The summed E-state index contributed by atoms with van der Waals surface area (Å²) in [5.74, 6) is 6.30. The molecule has 1 heterocycles. The van der Waals surface area contributed by atoms with Gasteiger partial charge in [-0.15, -0.1) is 13.0 Å². The molecule has 1 aromatic heterocycles. The molecule has 7 heteroatoms. The molecular formula is C16H21N5OS. The van der Waals surface area contributed by atoms with Crippen LogP contribution >= 0.6 is 11.8 Å². The first-order valence-corrected chi connectivity index (χ1v) is 8.29. The van der Waals surface area contributed by atoms with E-state index in [4.69, 9.17) is 16.1 Å². The average Bonchev–Trinajstić information content (AvgIpc) is 3.00. The van der Waals surface area contributed by atoms with Crippen molar-refractivity contribution in [2.75, 3.05) is 25.4 Å². The molecule has 0 bridgehead atoms. The van der Waals surface area contributed by atoms with Gasteiger partial charge in [-0.3, -0.25) is 10.3 Å². The number of nitrogens with zero attached hydrogens (tertiary/aromatic N) is 2. The van der Waals surface area contributed by atoms with Crippen molar-refractivity contribution in [1.82, 2.24) is 16.0 Å². The fourth-order valence-corrected chi connectivity index (χ4v) is 2.34. The third-order valence-electron chi connectivity index (χ3n) is 2.59. The number of rotatable bonds is 10. The largest absolute Gasteiger partial charge is 0.464 e. The topological polar surface area (TPSA) is 85.4 Å². The SMILES string of the molecule is C#CCNC(=NCCSCc1ccc(CNCC=C)o1)NC#N. The minimum atomic E-state index is 0.329. The van der Waals surface area contributed by atoms with Crippen molar-refractivity contribution in [3.8, 4) is 18.5 Å². The Bertz CT molecular complexity index is 582. The second kappa shape index (κ2) is 12.2. The Morgan fingerprint density at radius 2 is 2.30 bits per heavy atom. The Kier molecular flexibility index (Phi) is 9.93. The van der Waals surface area contributed by atoms with Gasteiger partial charge in [-0.2, -0.15) is 17.0 Å². The van der Waals surface area contributed by atoms with Crippen molar-refractivity contribution in [2.45, 2.75) is 12.3 Å². The molecule has 0 unspecified atom stereocenters. The number of nitriles is 1. The Hall–Kier alpha value is -2.35. The van der Waals surface area contributed by atoms with Gasteiger partial charge in [0, 0.05) is 12.3 Å². The van der Waals surface area contributed by atoms with E-state index >= 15 is 0 Å². The highest BCUT2D eigenvalue weighted by molar-refractivity contribution is 7.98. The third kappa shape index (κ3) is 8.62. The summed E-state index contributed by atoms with van der Waals surface area (Å²) in [6.45, 7) is 6.02. The molecule has 0 saturated heterocycles. The molecule has 0 spiro atoms. The molecule has 1 rings (SSSR count). The highest BCUT2D eigenvalue weighted by Gasteiger charge is 2.02. The zero-order valence-corrected chi connectivity index (χ0v) is 13.8. The first-order chi connectivity index (χ1) is 11.3. The van der Waals surface area contributed by atoms with Crippen LogP contribution < -0.4 is 16.0 Å². The van der Waals surface area contributed by atoms with Crippen LogP contribution in [0.4, 0.5) is 0 Å². The van der Waals surface area contributed by atoms with Crippen LogP contribution in [0, 0.1) is 23.8 Å². The van der Waals surface area contributed by atoms with Gasteiger partial charge in [0.1, 0.15) is 11.5 Å². The van der Waals surface area contributed by atoms with E-state index < -0.39 is 0 Å². The Labute approximate surface area is 141 Å². The summed E-state index contributed by atoms with van der Waals surface area (Å²) in [5.41, 5.74) is 0. The van der Waals surface area contributed by atoms with Crippen molar-refractivity contribution >= 4 is 17.7 Å². The van der Waals surface area contributed by atoms with E-state index in [-0.39, 0.29) is 0 Å². The van der Waals surface area contributed by atoms with Gasteiger partial charge in [-0.05, 0) is 12.1 Å². The fourth-order valence-electron chi connectivity index (χ4n) is 1.61. The highest BCUT2D eigenvalue weighted by atomic mass is 32.2. The standard InChI is InChI=1S/C16H21N5OS/c1-3-7-18-11-14-5-6-15(22-14)12-23-10-9-20-16(21-13-17)19-8-4-2/h2-3,5-6,18H,1,7-12H2,(H2,19,20,21). The zero-order valence-electron chi connectivity index (χ0n) is 13.0. The van der Waals surface area contributed by atoms with Crippen LogP contribution in [0.2, 0.25) is 0 Å². The maximum Gasteiger partial charge on any atom is 0.205 e. The summed E-state index contributed by atoms with van der Waals surface area (Å²) in [6.07, 6.45) is 8.79. The Morgan fingerprint density at radius 1 is 1.48 bits per heavy atom. The van der Waals surface area contributed by atoms with Crippen LogP contribution in [0.3, 0.4) is 0 Å². The summed E-state index contributed by atoms with van der Waals surface area (Å²) in [5, 5.41) is 17.1. The van der Waals surface area contributed by atoms with Crippen LogP contribution in [0.15, 0.2) is 34.2 Å². The smallest absolute Gasteiger partial charge is 0.205 e. The van der Waals surface area contributed by atoms with Gasteiger partial charge in [-0.1, -0.05) is 12.0 Å². The van der Waals surface area contributed by atoms with Crippen LogP contribution in [0.1, 0.15) is 11.5 Å². The number of furan rings is 1. The van der Waals surface area contributed by atoms with Crippen molar-refractivity contribution in [1.29, 1.82) is 5.26 Å². The van der Waals surface area contributed by atoms with Gasteiger partial charge in [0.05, 0.1) is 25.4 Å². The molecule has 0 atom stereocenters. The molecule has 0 saturated carbocycles. The van der Waals surface area contributed by atoms with Crippen LogP contribution in [0.25, 0.3) is 0 Å². The maximum atomic E-state index is 8.61. The first kappa shape index (κ1) is 18.7. The third-order valence-corrected chi connectivity index (χ3v) is 3.55. The molecule has 0 radical (unpaired) electrons. The number of aliphatic imine (C=N–C) groups is 1. The molecule has 0 aliphatic carbocycles. The summed E-state index contributed by atoms with van der Waals surface area (Å²) < 4.78 is 5.71. The molecular weight excluding hydrogens is 310 g/mol. The first-order valence-electron chi connectivity index (χ1n) is 7.14. The molecule has 0 aromatic carbocycles. The second-order valence-electron chi connectivity index (χ2n) is 4.36. The number of hydrogen-bond acceptors (Lipinski definition) is 5. The normalized spacial score (nSPS) is 10.6. The van der Waals surface area contributed by atoms with Gasteiger partial charge in [0.15, 0.2) is 6.19 Å². The molecule has 0 aliphatic heterocycles. The molecule has 3 N–H and O–H groups in total. The van der Waals surface area contributed by atoms with Gasteiger partial charge in [0.2, 0.25) is 5.96 Å². The minimum Gasteiger partial charge on any atom is -0.464 e. The van der Waals surface area contributed by atoms with Crippen LogP contribution in [-0.2, 0) is 12.3 Å². The predicted molar refractivity (Wildman–Crippen MR) is 94.7 cm³/mol. The number of terminal acetylenes is 1. The van der Waals surface area contributed by atoms with E-state index in [1.54, 1.807) is 11.8 Å². The highest BCUT2D eigenvalue weighted by Crippen LogP contribution is 2.15. The lowest BCUT2D eigenvalue weighted by molar-refractivity contribution is 0.465. The van der Waals surface area contributed by atoms with E-state index in [0.717, 1.165) is 29.6 Å². The van der Waals surface area contributed by atoms with Crippen LogP contribution in [-0.4, -0.2) is 31.3 Å². The van der Waals surface area contributed by atoms with Gasteiger partial charge in [-0.25, -0.2) is 0 Å². The van der Waals surface area contributed by atoms with E-state index in [1.807, 2.05) is 24.4 Å². The summed E-state index contributed by atoms with van der Waals surface area (Å²) >= 11 is 1.72. The Morgan fingerprint density at radius 3 is 3.04 bits per heavy atom. The molecule has 122 valence electrons. The van der Waals surface area contributed by atoms with Crippen molar-refractivity contribution < 1.29 is 4.42 Å².